The van der Waals surface area contributed by atoms with E-state index in [2.05, 4.69) is 36.5 Å². The van der Waals surface area contributed by atoms with Gasteiger partial charge in [0.15, 0.2) is 0 Å². The van der Waals surface area contributed by atoms with Crippen LogP contribution < -0.4 is 5.32 Å². The Kier molecular flexibility index (Phi) is 4.02. The molecule has 0 fully saturated rings. The number of aryl methyl sites for hydroxylation is 1. The van der Waals surface area contributed by atoms with Crippen LogP contribution in [-0.2, 0) is 6.42 Å². The van der Waals surface area contributed by atoms with Gasteiger partial charge in [0.1, 0.15) is 0 Å². The van der Waals surface area contributed by atoms with Gasteiger partial charge < -0.3 is 5.32 Å². The summed E-state index contributed by atoms with van der Waals surface area (Å²) in [6.45, 7) is 2.17. The number of nitrogens with one attached hydrogen (secondary N) is 1. The van der Waals surface area contributed by atoms with Gasteiger partial charge in [0.25, 0.3) is 0 Å². The smallest absolute Gasteiger partial charge is 0.0595 e. The Bertz CT molecular complexity index is 624. The van der Waals surface area contributed by atoms with Crippen LogP contribution in [0.15, 0.2) is 42.5 Å². The number of halogens is 2. The summed E-state index contributed by atoms with van der Waals surface area (Å²) < 4.78 is 0. The summed E-state index contributed by atoms with van der Waals surface area (Å²) in [5, 5.41) is 4.92. The van der Waals surface area contributed by atoms with E-state index in [1.54, 1.807) is 0 Å². The maximum atomic E-state index is 6.10. The molecule has 0 aliphatic heterocycles. The van der Waals surface area contributed by atoms with Gasteiger partial charge in [0.05, 0.1) is 10.0 Å². The lowest BCUT2D eigenvalue weighted by atomic mass is 10.0. The minimum Gasteiger partial charge on any atom is -0.303 e. The van der Waals surface area contributed by atoms with E-state index >= 15 is 0 Å². The Labute approximate surface area is 129 Å². The fourth-order valence-electron chi connectivity index (χ4n) is 2.91. The van der Waals surface area contributed by atoms with Crippen LogP contribution in [0.5, 0.6) is 0 Å². The molecule has 2 atom stereocenters. The summed E-state index contributed by atoms with van der Waals surface area (Å²) in [5.74, 6) is 0. The molecular formula is C17H17Cl2N. The molecule has 0 spiro atoms. The fraction of sp³-hybridized carbons (Fsp3) is 0.294. The molecule has 0 amide bonds. The molecule has 3 rings (SSSR count). The topological polar surface area (TPSA) is 12.0 Å². The van der Waals surface area contributed by atoms with E-state index in [-0.39, 0.29) is 6.04 Å². The van der Waals surface area contributed by atoms with Crippen molar-refractivity contribution >= 4 is 23.2 Å². The first-order valence-corrected chi connectivity index (χ1v) is 7.69. The Morgan fingerprint density at radius 3 is 2.70 bits per heavy atom. The summed E-state index contributed by atoms with van der Waals surface area (Å²) in [6, 6.07) is 15.2. The van der Waals surface area contributed by atoms with Gasteiger partial charge in [-0.15, -0.1) is 0 Å². The van der Waals surface area contributed by atoms with E-state index in [0.717, 1.165) is 12.8 Å². The van der Waals surface area contributed by atoms with Crippen molar-refractivity contribution in [1.29, 1.82) is 0 Å². The van der Waals surface area contributed by atoms with Crippen molar-refractivity contribution in [3.05, 3.63) is 69.2 Å². The maximum absolute atomic E-state index is 6.10. The van der Waals surface area contributed by atoms with Gasteiger partial charge in [-0.2, -0.15) is 0 Å². The third kappa shape index (κ3) is 2.71. The molecule has 2 aromatic rings. The number of hydrogen-bond donors (Lipinski definition) is 1. The van der Waals surface area contributed by atoms with Crippen LogP contribution in [-0.4, -0.2) is 0 Å². The van der Waals surface area contributed by atoms with Gasteiger partial charge in [0, 0.05) is 12.1 Å². The molecular weight excluding hydrogens is 289 g/mol. The van der Waals surface area contributed by atoms with Crippen molar-refractivity contribution in [2.24, 2.45) is 0 Å². The van der Waals surface area contributed by atoms with Gasteiger partial charge in [-0.25, -0.2) is 0 Å². The molecule has 1 aliphatic carbocycles. The minimum atomic E-state index is 0.251. The normalized spacial score (nSPS) is 18.9. The minimum absolute atomic E-state index is 0.251. The number of benzene rings is 2. The van der Waals surface area contributed by atoms with Gasteiger partial charge >= 0.3 is 0 Å². The van der Waals surface area contributed by atoms with E-state index in [0.29, 0.717) is 16.1 Å². The van der Waals surface area contributed by atoms with Gasteiger partial charge in [-0.3, -0.25) is 0 Å². The summed E-state index contributed by atoms with van der Waals surface area (Å²) >= 11 is 12.1. The molecule has 3 heteroatoms. The molecule has 0 saturated carbocycles. The monoisotopic (exact) mass is 305 g/mol. The van der Waals surface area contributed by atoms with Gasteiger partial charge in [-0.1, -0.05) is 53.5 Å². The molecule has 1 N–H and O–H groups in total. The quantitative estimate of drug-likeness (QED) is 0.808. The number of fused-ring (bicyclic) bond motifs is 1. The third-order valence-corrected chi connectivity index (χ3v) is 4.77. The zero-order valence-corrected chi connectivity index (χ0v) is 12.9. The molecule has 0 bridgehead atoms. The zero-order valence-electron chi connectivity index (χ0n) is 11.4. The lowest BCUT2D eigenvalue weighted by molar-refractivity contribution is 0.465. The highest BCUT2D eigenvalue weighted by atomic mass is 35.5. The van der Waals surface area contributed by atoms with Crippen LogP contribution >= 0.6 is 23.2 Å². The molecule has 20 heavy (non-hydrogen) atoms. The Morgan fingerprint density at radius 2 is 1.90 bits per heavy atom. The van der Waals surface area contributed by atoms with Gasteiger partial charge in [0.2, 0.25) is 0 Å². The van der Waals surface area contributed by atoms with Crippen LogP contribution in [0.2, 0.25) is 10.0 Å². The third-order valence-electron chi connectivity index (χ3n) is 4.03. The molecule has 104 valence electrons. The zero-order chi connectivity index (χ0) is 14.1. The Morgan fingerprint density at radius 1 is 1.10 bits per heavy atom. The second-order valence-corrected chi connectivity index (χ2v) is 6.17. The average molecular weight is 306 g/mol. The van der Waals surface area contributed by atoms with Crippen LogP contribution in [0.25, 0.3) is 0 Å². The van der Waals surface area contributed by atoms with Crippen molar-refractivity contribution in [2.75, 3.05) is 0 Å². The standard InChI is InChI=1S/C17H17Cl2N/c1-11(13-6-8-15(18)16(19)10-13)20-17-9-7-12-4-2-3-5-14(12)17/h2-6,8,10-11,17,20H,7,9H2,1H3. The second-order valence-electron chi connectivity index (χ2n) is 5.35. The first-order chi connectivity index (χ1) is 9.65. The average Bonchev–Trinajstić information content (AvgIpc) is 2.85. The summed E-state index contributed by atoms with van der Waals surface area (Å²) in [4.78, 5) is 0. The van der Waals surface area contributed by atoms with Crippen LogP contribution in [0.4, 0.5) is 0 Å². The highest BCUT2D eigenvalue weighted by Gasteiger charge is 2.23. The molecule has 2 aromatic carbocycles. The predicted octanol–water partition coefficient (Wildman–Crippen LogP) is 5.33. The van der Waals surface area contributed by atoms with E-state index in [4.69, 9.17) is 23.2 Å². The summed E-state index contributed by atoms with van der Waals surface area (Å²) in [6.07, 6.45) is 2.31. The van der Waals surface area contributed by atoms with Crippen molar-refractivity contribution in [3.8, 4) is 0 Å². The SMILES string of the molecule is CC(NC1CCc2ccccc21)c1ccc(Cl)c(Cl)c1. The lowest BCUT2D eigenvalue weighted by Gasteiger charge is -2.21. The number of hydrogen-bond acceptors (Lipinski definition) is 1. The Balaban J connectivity index is 1.77. The molecule has 0 saturated heterocycles. The van der Waals surface area contributed by atoms with E-state index in [9.17, 15) is 0 Å². The largest absolute Gasteiger partial charge is 0.303 e. The van der Waals surface area contributed by atoms with Crippen LogP contribution in [0.1, 0.15) is 42.1 Å². The van der Waals surface area contributed by atoms with Crippen molar-refractivity contribution in [1.82, 2.24) is 5.32 Å². The van der Waals surface area contributed by atoms with E-state index in [1.807, 2.05) is 18.2 Å². The number of rotatable bonds is 3. The summed E-state index contributed by atoms with van der Waals surface area (Å²) in [5.41, 5.74) is 4.06. The summed E-state index contributed by atoms with van der Waals surface area (Å²) in [7, 11) is 0. The second kappa shape index (κ2) is 5.77. The molecule has 1 aliphatic rings. The lowest BCUT2D eigenvalue weighted by Crippen LogP contribution is -2.23. The predicted molar refractivity (Wildman–Crippen MR) is 85.5 cm³/mol. The first-order valence-electron chi connectivity index (χ1n) is 6.94. The molecule has 0 aromatic heterocycles. The molecule has 0 radical (unpaired) electrons. The molecule has 0 heterocycles. The van der Waals surface area contributed by atoms with E-state index in [1.165, 1.54) is 16.7 Å². The highest BCUT2D eigenvalue weighted by Crippen LogP contribution is 2.33. The van der Waals surface area contributed by atoms with Gasteiger partial charge in [-0.05, 0) is 48.6 Å². The highest BCUT2D eigenvalue weighted by molar-refractivity contribution is 6.42. The van der Waals surface area contributed by atoms with Crippen LogP contribution in [0, 0.1) is 0 Å². The maximum Gasteiger partial charge on any atom is 0.0595 e. The Hall–Kier alpha value is -1.02. The van der Waals surface area contributed by atoms with Crippen LogP contribution in [0.3, 0.4) is 0 Å². The fourth-order valence-corrected chi connectivity index (χ4v) is 3.22. The van der Waals surface area contributed by atoms with Crippen molar-refractivity contribution < 1.29 is 0 Å². The first kappa shape index (κ1) is 13.9. The molecule has 1 nitrogen and oxygen atoms in total. The molecule has 2 unspecified atom stereocenters. The van der Waals surface area contributed by atoms with E-state index < -0.39 is 0 Å². The van der Waals surface area contributed by atoms with Crippen molar-refractivity contribution in [3.63, 3.8) is 0 Å². The van der Waals surface area contributed by atoms with Crippen molar-refractivity contribution in [2.45, 2.75) is 31.8 Å².